The van der Waals surface area contributed by atoms with Crippen LogP contribution in [0.25, 0.3) is 0 Å². The number of aliphatic hydroxyl groups excluding tert-OH is 1. The normalized spacial score (nSPS) is 31.8. The third kappa shape index (κ3) is 5.30. The minimum absolute atomic E-state index is 0.115. The summed E-state index contributed by atoms with van der Waals surface area (Å²) < 4.78 is 38.0. The van der Waals surface area contributed by atoms with Gasteiger partial charge >= 0.3 is 0 Å². The highest BCUT2D eigenvalue weighted by Crippen LogP contribution is 2.33. The van der Waals surface area contributed by atoms with E-state index in [0.717, 1.165) is 6.42 Å². The van der Waals surface area contributed by atoms with E-state index in [0.29, 0.717) is 5.92 Å². The second kappa shape index (κ2) is 9.18. The minimum Gasteiger partial charge on any atom is -0.379 e. The summed E-state index contributed by atoms with van der Waals surface area (Å²) in [4.78, 5) is 12.0. The van der Waals surface area contributed by atoms with Gasteiger partial charge in [-0.15, -0.1) is 0 Å². The third-order valence-electron chi connectivity index (χ3n) is 4.72. The lowest BCUT2D eigenvalue weighted by molar-refractivity contribution is -0.156. The van der Waals surface area contributed by atoms with E-state index in [2.05, 4.69) is 5.32 Å². The summed E-state index contributed by atoms with van der Waals surface area (Å²) in [6.07, 6.45) is -2.22. The molecule has 6 N–H and O–H groups in total. The summed E-state index contributed by atoms with van der Waals surface area (Å²) in [5.41, 5.74) is 11.1. The molecule has 0 aromatic heterocycles. The zero-order valence-electron chi connectivity index (χ0n) is 15.2. The molecule has 6 atom stereocenters. The van der Waals surface area contributed by atoms with Gasteiger partial charge in [0.15, 0.2) is 6.10 Å². The molecule has 1 amide bonds. The van der Waals surface area contributed by atoms with Crippen molar-refractivity contribution in [1.82, 2.24) is 5.32 Å². The largest absolute Gasteiger partial charge is 0.379 e. The van der Waals surface area contributed by atoms with E-state index in [1.165, 1.54) is 7.11 Å². The van der Waals surface area contributed by atoms with Gasteiger partial charge in [-0.25, -0.2) is 8.78 Å². The molecule has 0 radical (unpaired) electrons. The fourth-order valence-corrected chi connectivity index (χ4v) is 3.57. The summed E-state index contributed by atoms with van der Waals surface area (Å²) in [5.74, 6) is -4.67. The highest BCUT2D eigenvalue weighted by Gasteiger charge is 2.47. The maximum atomic E-state index is 13.5. The van der Waals surface area contributed by atoms with Gasteiger partial charge in [-0.05, 0) is 18.8 Å². The number of methoxy groups -OCH3 is 2. The number of hydrogen-bond donors (Lipinski definition) is 4. The first-order valence-electron chi connectivity index (χ1n) is 8.46. The number of nitrogens with one attached hydrogen (secondary N) is 1. The molecule has 148 valence electrons. The molecule has 3 unspecified atom stereocenters. The van der Waals surface area contributed by atoms with Crippen molar-refractivity contribution in [1.29, 1.82) is 0 Å². The first-order valence-corrected chi connectivity index (χ1v) is 8.46. The van der Waals surface area contributed by atoms with E-state index >= 15 is 0 Å². The fourth-order valence-electron chi connectivity index (χ4n) is 3.57. The second-order valence-electron chi connectivity index (χ2n) is 7.08. The molecule has 1 rings (SSSR count). The van der Waals surface area contributed by atoms with Crippen LogP contribution in [-0.2, 0) is 14.3 Å². The first-order chi connectivity index (χ1) is 11.6. The highest BCUT2D eigenvalue weighted by atomic mass is 19.3. The minimum atomic E-state index is -3.70. The summed E-state index contributed by atoms with van der Waals surface area (Å²) >= 11 is 0. The number of ether oxygens (including phenoxy) is 2. The molecule has 9 heteroatoms. The summed E-state index contributed by atoms with van der Waals surface area (Å²) in [6, 6.07) is -0.997. The fraction of sp³-hybridized carbons (Fsp3) is 0.938. The Morgan fingerprint density at radius 2 is 1.88 bits per heavy atom. The lowest BCUT2D eigenvalue weighted by atomic mass is 9.74. The molecule has 25 heavy (non-hydrogen) atoms. The molecular weight excluding hydrogens is 336 g/mol. The molecule has 1 saturated carbocycles. The molecule has 0 aliphatic heterocycles. The zero-order valence-corrected chi connectivity index (χ0v) is 15.2. The number of aliphatic hydroxyl groups is 1. The number of hydrogen-bond acceptors (Lipinski definition) is 6. The molecule has 0 spiro atoms. The van der Waals surface area contributed by atoms with Gasteiger partial charge < -0.3 is 31.4 Å². The number of carbonyl (C=O) groups excluding carboxylic acids is 1. The number of rotatable bonds is 8. The maximum Gasteiger partial charge on any atom is 0.294 e. The third-order valence-corrected chi connectivity index (χ3v) is 4.72. The summed E-state index contributed by atoms with van der Waals surface area (Å²) in [5, 5.41) is 12.0. The van der Waals surface area contributed by atoms with E-state index in [9.17, 15) is 18.7 Å². The Morgan fingerprint density at radius 1 is 1.32 bits per heavy atom. The molecule has 1 aliphatic rings. The lowest BCUT2D eigenvalue weighted by Crippen LogP contribution is -2.63. The van der Waals surface area contributed by atoms with E-state index < -0.39 is 42.7 Å². The predicted molar refractivity (Wildman–Crippen MR) is 89.1 cm³/mol. The Kier molecular flexibility index (Phi) is 8.14. The van der Waals surface area contributed by atoms with E-state index in [1.54, 1.807) is 7.11 Å². The molecule has 1 aliphatic carbocycles. The molecule has 0 bridgehead atoms. The molecule has 0 heterocycles. The number of nitrogens with two attached hydrogens (primary N) is 2. The van der Waals surface area contributed by atoms with Gasteiger partial charge in [-0.1, -0.05) is 13.8 Å². The Labute approximate surface area is 147 Å². The SMILES string of the molecule is COC1[C@@H](CC(C)C)[C@H](OC)C(N)C[C@H]1NC(=O)C(O)C(F)(F)CN. The van der Waals surface area contributed by atoms with E-state index in [1.807, 2.05) is 13.8 Å². The van der Waals surface area contributed by atoms with Crippen molar-refractivity contribution in [2.75, 3.05) is 20.8 Å². The van der Waals surface area contributed by atoms with Crippen molar-refractivity contribution >= 4 is 5.91 Å². The topological polar surface area (TPSA) is 120 Å². The van der Waals surface area contributed by atoms with Gasteiger partial charge in [0.1, 0.15) is 0 Å². The highest BCUT2D eigenvalue weighted by molar-refractivity contribution is 5.82. The van der Waals surface area contributed by atoms with E-state index in [4.69, 9.17) is 20.9 Å². The van der Waals surface area contributed by atoms with Gasteiger partial charge in [0, 0.05) is 26.2 Å². The lowest BCUT2D eigenvalue weighted by Gasteiger charge is -2.45. The molecular formula is C16H31F2N3O4. The molecule has 0 aromatic carbocycles. The van der Waals surface area contributed by atoms with Gasteiger partial charge in [-0.2, -0.15) is 0 Å². The summed E-state index contributed by atoms with van der Waals surface area (Å²) in [6.45, 7) is 2.96. The smallest absolute Gasteiger partial charge is 0.294 e. The summed E-state index contributed by atoms with van der Waals surface area (Å²) in [7, 11) is 3.06. The van der Waals surface area contributed by atoms with Crippen molar-refractivity contribution in [3.8, 4) is 0 Å². The standard InChI is InChI=1S/C16H31F2N3O4/c1-8(2)5-9-12(24-3)10(20)6-11(13(9)25-4)21-15(23)14(22)16(17,18)7-19/h8-14,22H,5-7,19-20H2,1-4H3,(H,21,23)/t9-,10?,11+,12-,13?,14?/m0/s1. The van der Waals surface area contributed by atoms with Crippen LogP contribution in [0.15, 0.2) is 0 Å². The van der Waals surface area contributed by atoms with E-state index in [-0.39, 0.29) is 18.4 Å². The van der Waals surface area contributed by atoms with Gasteiger partial charge in [-0.3, -0.25) is 4.79 Å². The van der Waals surface area contributed by atoms with Crippen LogP contribution in [0.5, 0.6) is 0 Å². The zero-order chi connectivity index (χ0) is 19.4. The Morgan fingerprint density at radius 3 is 2.32 bits per heavy atom. The van der Waals surface area contributed by atoms with Crippen molar-refractivity contribution in [2.45, 2.75) is 63.0 Å². The molecule has 7 nitrogen and oxygen atoms in total. The van der Waals surface area contributed by atoms with Crippen LogP contribution in [-0.4, -0.2) is 68.1 Å². The molecule has 0 aromatic rings. The average Bonchev–Trinajstić information content (AvgIpc) is 2.53. The Balaban J connectivity index is 2.96. The van der Waals surface area contributed by atoms with Gasteiger partial charge in [0.25, 0.3) is 11.8 Å². The van der Waals surface area contributed by atoms with Crippen molar-refractivity contribution in [2.24, 2.45) is 23.3 Å². The van der Waals surface area contributed by atoms with Crippen LogP contribution in [0, 0.1) is 11.8 Å². The second-order valence-corrected chi connectivity index (χ2v) is 7.08. The number of alkyl halides is 2. The molecule has 0 saturated heterocycles. The van der Waals surface area contributed by atoms with Crippen molar-refractivity contribution in [3.63, 3.8) is 0 Å². The van der Waals surface area contributed by atoms with Crippen LogP contribution < -0.4 is 16.8 Å². The van der Waals surface area contributed by atoms with Gasteiger partial charge in [0.05, 0.1) is 24.8 Å². The number of amides is 1. The van der Waals surface area contributed by atoms with Crippen LogP contribution in [0.2, 0.25) is 0 Å². The maximum absolute atomic E-state index is 13.5. The van der Waals surface area contributed by atoms with Crippen LogP contribution in [0.1, 0.15) is 26.7 Å². The van der Waals surface area contributed by atoms with Crippen LogP contribution in [0.4, 0.5) is 8.78 Å². The van der Waals surface area contributed by atoms with Crippen LogP contribution >= 0.6 is 0 Å². The Hall–Kier alpha value is -0.870. The number of carbonyl (C=O) groups is 1. The average molecular weight is 367 g/mol. The van der Waals surface area contributed by atoms with Crippen LogP contribution in [0.3, 0.4) is 0 Å². The monoisotopic (exact) mass is 367 g/mol. The number of halogens is 2. The van der Waals surface area contributed by atoms with Crippen molar-refractivity contribution < 1.29 is 28.2 Å². The predicted octanol–water partition coefficient (Wildman–Crippen LogP) is -0.151. The quantitative estimate of drug-likeness (QED) is 0.474. The van der Waals surface area contributed by atoms with Gasteiger partial charge in [0.2, 0.25) is 0 Å². The molecule has 1 fully saturated rings. The Bertz CT molecular complexity index is 440. The first kappa shape index (κ1) is 22.2. The van der Waals surface area contributed by atoms with Crippen molar-refractivity contribution in [3.05, 3.63) is 0 Å².